The first-order valence-electron chi connectivity index (χ1n) is 34.4. The number of hydrogen-bond donors (Lipinski definition) is 4. The standard InChI is InChI=1S/C70H82N8O29/c79-39-37-71(67(96)104-42-100-41-13-2-1-9-29-75-50(83)21-22-51(75)84)33-35-73(69(98)106-44-102-59(92)15-7-4-11-31-77-54(87)25-26-55(77)88)46-17-18-47(62-61(46)65(94)63-48(81)19-20-49(82)64(63)66(62)95)74(70(99)107-45-103-60(93)16-8-5-12-32-78-56(89)27-28-57(78)90)36-34-72(38-40-80)68(97)105-43-101-58(91)14-6-3-10-30-76-52(85)23-24-53(76)86/h17-28,79-82H,1-16,29-45H2. The number of anilines is 2. The third-order valence-electron chi connectivity index (χ3n) is 17.0. The Morgan fingerprint density at radius 1 is 0.318 bits per heavy atom. The summed E-state index contributed by atoms with van der Waals surface area (Å²) in [5, 5.41) is 42.9. The van der Waals surface area contributed by atoms with Crippen LogP contribution in [0.2, 0.25) is 0 Å². The molecule has 0 aromatic heterocycles. The van der Waals surface area contributed by atoms with Crippen LogP contribution in [0.15, 0.2) is 72.9 Å². The van der Waals surface area contributed by atoms with Gasteiger partial charge in [0.2, 0.25) is 31.9 Å². The lowest BCUT2D eigenvalue weighted by Crippen LogP contribution is -2.45. The lowest BCUT2D eigenvalue weighted by atomic mass is 9.81. The van der Waals surface area contributed by atoms with Gasteiger partial charge in [-0.2, -0.15) is 0 Å². The fourth-order valence-corrected chi connectivity index (χ4v) is 11.4. The van der Waals surface area contributed by atoms with Crippen molar-refractivity contribution in [2.24, 2.45) is 0 Å². The Bertz CT molecular complexity index is 3770. The topological polar surface area (TPSA) is 471 Å². The summed E-state index contributed by atoms with van der Waals surface area (Å²) in [7, 11) is 0. The van der Waals surface area contributed by atoms with Crippen molar-refractivity contribution in [2.45, 2.75) is 103 Å². The highest BCUT2D eigenvalue weighted by Gasteiger charge is 2.42. The summed E-state index contributed by atoms with van der Waals surface area (Å²) in [6.45, 7) is -8.50. The van der Waals surface area contributed by atoms with Crippen molar-refractivity contribution in [3.05, 3.63) is 95.1 Å². The molecule has 1 aliphatic carbocycles. The fraction of sp³-hybridized carbons (Fsp3) is 0.471. The lowest BCUT2D eigenvalue weighted by molar-refractivity contribution is -0.153. The fourth-order valence-electron chi connectivity index (χ4n) is 11.4. The summed E-state index contributed by atoms with van der Waals surface area (Å²) in [6.07, 6.45) is 8.15. The lowest BCUT2D eigenvalue weighted by Gasteiger charge is -2.33. The Labute approximate surface area is 611 Å². The van der Waals surface area contributed by atoms with Gasteiger partial charge >= 0.3 is 42.3 Å². The number of aromatic hydroxyl groups is 2. The van der Waals surface area contributed by atoms with Crippen LogP contribution in [0, 0.1) is 0 Å². The largest absolute Gasteiger partial charge is 0.507 e. The molecular weight excluding hydrogens is 1420 g/mol. The molecule has 0 radical (unpaired) electrons. The molecule has 4 aliphatic heterocycles. The van der Waals surface area contributed by atoms with Crippen molar-refractivity contribution < 1.29 is 140 Å². The summed E-state index contributed by atoms with van der Waals surface area (Å²) in [4.78, 5) is 229. The quantitative estimate of drug-likeness (QED) is 0.0158. The highest BCUT2D eigenvalue weighted by molar-refractivity contribution is 6.34. The predicted molar refractivity (Wildman–Crippen MR) is 362 cm³/mol. The number of imide groups is 4. The van der Waals surface area contributed by atoms with Crippen LogP contribution in [0.25, 0.3) is 0 Å². The number of aliphatic hydroxyl groups is 2. The first-order valence-corrected chi connectivity index (χ1v) is 34.4. The van der Waals surface area contributed by atoms with Crippen LogP contribution in [0.4, 0.5) is 30.6 Å². The first kappa shape index (κ1) is 82.6. The molecule has 5 aliphatic rings. The van der Waals surface area contributed by atoms with Gasteiger partial charge in [-0.15, -0.1) is 0 Å². The van der Waals surface area contributed by atoms with E-state index in [0.29, 0.717) is 74.0 Å². The van der Waals surface area contributed by atoms with Gasteiger partial charge in [0, 0.05) is 133 Å². The first-order chi connectivity index (χ1) is 51.4. The van der Waals surface area contributed by atoms with E-state index in [0.717, 1.165) is 90.1 Å². The molecule has 0 fully saturated rings. The zero-order valence-electron chi connectivity index (χ0n) is 58.3. The number of amides is 12. The number of phenols is 2. The number of carbonyl (C=O) groups excluding carboxylic acids is 17. The van der Waals surface area contributed by atoms with E-state index in [2.05, 4.69) is 0 Å². The average Bonchev–Trinajstić information content (AvgIpc) is 1.15. The predicted octanol–water partition coefficient (Wildman–Crippen LogP) is 3.04. The minimum Gasteiger partial charge on any atom is -0.507 e. The van der Waals surface area contributed by atoms with Crippen molar-refractivity contribution in [1.29, 1.82) is 0 Å². The zero-order valence-corrected chi connectivity index (χ0v) is 58.3. The van der Waals surface area contributed by atoms with E-state index in [-0.39, 0.29) is 71.3 Å². The van der Waals surface area contributed by atoms with E-state index in [1.54, 1.807) is 0 Å². The van der Waals surface area contributed by atoms with Crippen LogP contribution in [-0.4, -0.2) is 263 Å². The van der Waals surface area contributed by atoms with Crippen LogP contribution >= 0.6 is 0 Å². The normalized spacial score (nSPS) is 14.1. The minimum absolute atomic E-state index is 0.0736. The van der Waals surface area contributed by atoms with Crippen LogP contribution in [-0.2, 0) is 90.6 Å². The molecule has 4 N–H and O–H groups in total. The molecule has 107 heavy (non-hydrogen) atoms. The number of benzene rings is 2. The third-order valence-corrected chi connectivity index (χ3v) is 17.0. The van der Waals surface area contributed by atoms with E-state index < -0.39 is 226 Å². The second-order valence-electron chi connectivity index (χ2n) is 24.2. The molecule has 37 heteroatoms. The van der Waals surface area contributed by atoms with Gasteiger partial charge in [-0.05, 0) is 75.6 Å². The zero-order chi connectivity index (χ0) is 77.5. The minimum atomic E-state index is -1.48. The number of rotatable bonds is 45. The monoisotopic (exact) mass is 1500 g/mol. The maximum Gasteiger partial charge on any atom is 0.417 e. The summed E-state index contributed by atoms with van der Waals surface area (Å²) in [5.41, 5.74) is -4.47. The number of ether oxygens (including phenoxy) is 8. The second kappa shape index (κ2) is 41.7. The molecule has 2 aromatic carbocycles. The van der Waals surface area contributed by atoms with Gasteiger partial charge in [0.1, 0.15) is 11.5 Å². The summed E-state index contributed by atoms with van der Waals surface area (Å²) in [5.74, 6) is -10.7. The molecule has 0 saturated carbocycles. The molecule has 0 unspecified atom stereocenters. The summed E-state index contributed by atoms with van der Waals surface area (Å²) in [6, 6.07) is 3.72. The molecule has 0 spiro atoms. The maximum absolute atomic E-state index is 15.3. The van der Waals surface area contributed by atoms with Crippen LogP contribution in [0.3, 0.4) is 0 Å². The molecule has 0 atom stereocenters. The van der Waals surface area contributed by atoms with Crippen molar-refractivity contribution in [2.75, 3.05) is 122 Å². The van der Waals surface area contributed by atoms with E-state index in [9.17, 15) is 92.3 Å². The van der Waals surface area contributed by atoms with Crippen molar-refractivity contribution in [3.63, 3.8) is 0 Å². The number of ketones is 2. The summed E-state index contributed by atoms with van der Waals surface area (Å²) >= 11 is 0. The molecule has 7 rings (SSSR count). The number of fused-ring (bicyclic) bond motifs is 2. The number of esters is 3. The number of unbranched alkanes of at least 4 members (excludes halogenated alkanes) is 9. The highest BCUT2D eigenvalue weighted by Crippen LogP contribution is 2.45. The SMILES string of the molecule is O=C(CCCCCN1C(=O)C=CC1=O)OCOC(=O)N(CCO)CCN(C(=O)OCOC(=O)CCCCCN1C(=O)C=CC1=O)c1ccc(N(CCN(CCO)C(=O)OCOCCCCCCN2C(=O)C=CC2=O)C(=O)OCOC(=O)CCCCCN2C(=O)C=CC2=O)c2c1C(=O)c1c(O)ccc(O)c1C2=O. The molecule has 4 heterocycles. The molecule has 0 bridgehead atoms. The van der Waals surface area contributed by atoms with E-state index >= 15 is 9.59 Å². The second-order valence-corrected chi connectivity index (χ2v) is 24.2. The van der Waals surface area contributed by atoms with Gasteiger partial charge in [-0.25, -0.2) is 19.2 Å². The van der Waals surface area contributed by atoms with Crippen molar-refractivity contribution in [3.8, 4) is 11.5 Å². The Balaban J connectivity index is 1.13. The van der Waals surface area contributed by atoms with Gasteiger partial charge < -0.3 is 68.1 Å². The van der Waals surface area contributed by atoms with Gasteiger partial charge in [0.25, 0.3) is 47.3 Å². The number of aliphatic hydroxyl groups excluding tert-OH is 2. The van der Waals surface area contributed by atoms with Crippen LogP contribution in [0.5, 0.6) is 11.5 Å². The third kappa shape index (κ3) is 23.6. The molecule has 0 saturated heterocycles. The number of nitrogens with zero attached hydrogens (tertiary/aromatic N) is 8. The van der Waals surface area contributed by atoms with Gasteiger partial charge in [0.15, 0.2) is 6.79 Å². The maximum atomic E-state index is 15.3. The van der Waals surface area contributed by atoms with E-state index in [1.165, 1.54) is 12.2 Å². The molecule has 37 nitrogen and oxygen atoms in total. The Kier molecular flexibility index (Phi) is 32.2. The van der Waals surface area contributed by atoms with Crippen LogP contribution < -0.4 is 9.80 Å². The average molecular weight is 1500 g/mol. The number of hydrogen-bond acceptors (Lipinski definition) is 29. The molecule has 2 aromatic rings. The van der Waals surface area contributed by atoms with Gasteiger partial charge in [-0.1, -0.05) is 32.1 Å². The number of phenolic OH excluding ortho intramolecular Hbond substituents is 2. The summed E-state index contributed by atoms with van der Waals surface area (Å²) < 4.78 is 42.3. The van der Waals surface area contributed by atoms with E-state index in [1.807, 2.05) is 0 Å². The van der Waals surface area contributed by atoms with Gasteiger partial charge in [-0.3, -0.25) is 91.7 Å². The number of carbonyl (C=O) groups is 17. The molecule has 12 amide bonds. The molecular formula is C70H82N8O29. The van der Waals surface area contributed by atoms with Gasteiger partial charge in [0.05, 0.1) is 53.4 Å². The highest BCUT2D eigenvalue weighted by atomic mass is 16.7. The Morgan fingerprint density at radius 2 is 0.607 bits per heavy atom. The van der Waals surface area contributed by atoms with Crippen LogP contribution in [0.1, 0.15) is 135 Å². The molecule has 576 valence electrons. The van der Waals surface area contributed by atoms with Crippen molar-refractivity contribution in [1.82, 2.24) is 29.4 Å². The smallest absolute Gasteiger partial charge is 0.417 e. The van der Waals surface area contributed by atoms with Crippen molar-refractivity contribution >= 4 is 112 Å². The Morgan fingerprint density at radius 3 is 0.925 bits per heavy atom. The van der Waals surface area contributed by atoms with E-state index in [4.69, 9.17) is 37.9 Å². The Hall–Kier alpha value is -11.7.